The second-order valence-corrected chi connectivity index (χ2v) is 35.3. The minimum atomic E-state index is -2.85. The normalized spacial score (nSPS) is 12.0. The van der Waals surface area contributed by atoms with E-state index < -0.39 is 32.3 Å². The summed E-state index contributed by atoms with van der Waals surface area (Å²) in [7, 11) is -8.09. The molecule has 47 heavy (non-hydrogen) atoms. The van der Waals surface area contributed by atoms with Crippen LogP contribution in [0.3, 0.4) is 0 Å². The molecule has 0 fully saturated rings. The Morgan fingerprint density at radius 2 is 0.617 bits per heavy atom. The zero-order chi connectivity index (χ0) is 32.4. The monoisotopic (exact) mass is 790 g/mol. The summed E-state index contributed by atoms with van der Waals surface area (Å²) in [5.41, 5.74) is 10.2. The molecule has 4 rings (SSSR count). The molecule has 0 unspecified atom stereocenters. The molecule has 0 aliphatic heterocycles. The summed E-state index contributed by atoms with van der Waals surface area (Å²) < 4.78 is 0. The number of aryl methyl sites for hydroxylation is 3. The largest absolute Gasteiger partial charge is 4.00 e. The molecule has 4 aromatic rings. The minimum absolute atomic E-state index is 0. The van der Waals surface area contributed by atoms with Crippen LogP contribution in [0.15, 0.2) is 54.6 Å². The quantitative estimate of drug-likeness (QED) is 0.111. The van der Waals surface area contributed by atoms with Crippen molar-refractivity contribution in [1.82, 2.24) is 0 Å². The Hall–Kier alpha value is -0.538. The maximum absolute atomic E-state index is 2.85. The van der Waals surface area contributed by atoms with Crippen LogP contribution in [0.1, 0.15) is 38.9 Å². The van der Waals surface area contributed by atoms with Crippen LogP contribution in [0, 0.1) is 48.5 Å². The van der Waals surface area contributed by atoms with Crippen LogP contribution in [0.5, 0.6) is 0 Å². The third-order valence-electron chi connectivity index (χ3n) is 9.97. The van der Waals surface area contributed by atoms with E-state index in [4.69, 9.17) is 0 Å². The van der Waals surface area contributed by atoms with Crippen molar-refractivity contribution in [3.8, 4) is 0 Å². The molecular weight excluding hydrogens is 735 g/mol. The van der Waals surface area contributed by atoms with Gasteiger partial charge in [0, 0.05) is 0 Å². The first kappa shape index (κ1) is 46.5. The van der Waals surface area contributed by atoms with E-state index in [-0.39, 0.29) is 58.9 Å². The first-order chi connectivity index (χ1) is 19.6. The van der Waals surface area contributed by atoms with Gasteiger partial charge in [-0.25, -0.2) is 0 Å². The Labute approximate surface area is 325 Å². The molecule has 0 heterocycles. The third-order valence-corrected chi connectivity index (χ3v) is 22.0. The van der Waals surface area contributed by atoms with E-state index >= 15 is 0 Å². The maximum Gasteiger partial charge on any atom is 4.00 e. The molecule has 0 aromatic heterocycles. The maximum atomic E-state index is 2.66. The molecule has 0 aliphatic rings. The van der Waals surface area contributed by atoms with Gasteiger partial charge in [-0.2, -0.15) is 22.3 Å². The molecule has 0 saturated heterocycles. The van der Waals surface area contributed by atoms with E-state index in [2.05, 4.69) is 162 Å². The predicted molar refractivity (Wildman–Crippen MR) is 208 cm³/mol. The van der Waals surface area contributed by atoms with Gasteiger partial charge in [0.1, 0.15) is 8.07 Å². The molecule has 0 bridgehead atoms. The van der Waals surface area contributed by atoms with Gasteiger partial charge in [0.05, 0.1) is 24.2 Å². The van der Waals surface area contributed by atoms with E-state index in [1.165, 1.54) is 38.9 Å². The van der Waals surface area contributed by atoms with Crippen molar-refractivity contribution in [2.24, 2.45) is 0 Å². The average Bonchev–Trinajstić information content (AvgIpc) is 3.06. The van der Waals surface area contributed by atoms with E-state index in [0.717, 1.165) is 0 Å². The Kier molecular flexibility index (Phi) is 16.0. The van der Waals surface area contributed by atoms with Crippen molar-refractivity contribution in [3.63, 3.8) is 0 Å². The topological polar surface area (TPSA) is 0 Å². The summed E-state index contributed by atoms with van der Waals surface area (Å²) in [6.45, 7) is 39.7. The first-order valence-electron chi connectivity index (χ1n) is 16.2. The zero-order valence-electron chi connectivity index (χ0n) is 31.8. The number of hydrogen-bond donors (Lipinski definition) is 0. The summed E-state index contributed by atoms with van der Waals surface area (Å²) in [4.78, 5) is 0. The van der Waals surface area contributed by atoms with Gasteiger partial charge >= 0.3 is 21.7 Å². The van der Waals surface area contributed by atoms with Crippen molar-refractivity contribution in [2.75, 3.05) is 0 Å². The Morgan fingerprint density at radius 3 is 0.830 bits per heavy atom. The van der Waals surface area contributed by atoms with Gasteiger partial charge in [0.25, 0.3) is 0 Å². The number of hydrogen-bond acceptors (Lipinski definition) is 0. The second kappa shape index (κ2) is 16.2. The first-order valence-corrected chi connectivity index (χ1v) is 28.7. The van der Waals surface area contributed by atoms with Gasteiger partial charge < -0.3 is 37.2 Å². The number of halogens is 3. The molecule has 8 heteroatoms. The Morgan fingerprint density at radius 1 is 0.383 bits per heavy atom. The third kappa shape index (κ3) is 8.51. The summed E-state index contributed by atoms with van der Waals surface area (Å²) in [5.74, 6) is 0. The van der Waals surface area contributed by atoms with E-state index in [1.807, 2.05) is 0 Å². The van der Waals surface area contributed by atoms with Crippen molar-refractivity contribution in [1.29, 1.82) is 0 Å². The molecule has 0 saturated carbocycles. The smallest absolute Gasteiger partial charge is 1.00 e. The van der Waals surface area contributed by atoms with Gasteiger partial charge in [-0.05, 0) is 20.8 Å². The molecule has 0 atom stereocenters. The van der Waals surface area contributed by atoms with Crippen LogP contribution in [-0.4, -0.2) is 32.3 Å². The van der Waals surface area contributed by atoms with Crippen LogP contribution in [0.25, 0.3) is 0 Å². The SMILES string of the molecule is Cc1ccc([Si](C)(C)C)c([Si](c2cc(C)ccc2[Si](C)(C)C)(c2cc(C)ccc2[Si](C)(C)C)[c-]2c(C)c(C)c(C)c2C)c1.[Cl-].[Cl-].[Cl-].[Ti+4]. The predicted octanol–water partition coefficient (Wildman–Crippen LogP) is -2.41. The van der Waals surface area contributed by atoms with Crippen molar-refractivity contribution < 1.29 is 58.9 Å². The van der Waals surface area contributed by atoms with Crippen LogP contribution in [0.2, 0.25) is 58.9 Å². The van der Waals surface area contributed by atoms with E-state index in [0.29, 0.717) is 0 Å². The molecule has 0 spiro atoms. The zero-order valence-corrected chi connectivity index (χ0v) is 39.7. The van der Waals surface area contributed by atoms with Gasteiger partial charge in [-0.1, -0.05) is 189 Å². The van der Waals surface area contributed by atoms with Crippen molar-refractivity contribution in [2.45, 2.75) is 107 Å². The molecular formula is C39H57Cl3Si4Ti. The molecule has 0 nitrogen and oxygen atoms in total. The van der Waals surface area contributed by atoms with E-state index in [1.54, 1.807) is 36.3 Å². The fourth-order valence-corrected chi connectivity index (χ4v) is 22.9. The Bertz CT molecular complexity index is 1520. The molecule has 0 aliphatic carbocycles. The van der Waals surface area contributed by atoms with Gasteiger partial charge in [-0.15, -0.1) is 5.19 Å². The van der Waals surface area contributed by atoms with Crippen molar-refractivity contribution >= 4 is 68.6 Å². The molecule has 0 amide bonds. The van der Waals surface area contributed by atoms with Crippen LogP contribution >= 0.6 is 0 Å². The standard InChI is InChI=1S/C39H57Si4.3ClH.Ti/c1-26-17-20-33(40(8,9)10)36(23-26)43(39-31(6)29(4)30(5)32(39)7,37-24-27(2)18-21-34(37)41(11,12)13)38-25-28(3)19-22-35(38)42(14,15)16;;;;/h17-25H,1-16H3;3*1H;/q-1;;;;+4/p-3. The number of benzene rings is 3. The summed E-state index contributed by atoms with van der Waals surface area (Å²) in [6.07, 6.45) is 0. The van der Waals surface area contributed by atoms with Crippen LogP contribution < -0.4 is 73.5 Å². The number of rotatable bonds is 7. The summed E-state index contributed by atoms with van der Waals surface area (Å²) in [5, 5.41) is 11.6. The minimum Gasteiger partial charge on any atom is -1.00 e. The fourth-order valence-electron chi connectivity index (χ4n) is 7.49. The summed E-state index contributed by atoms with van der Waals surface area (Å²) >= 11 is 0. The van der Waals surface area contributed by atoms with E-state index in [9.17, 15) is 0 Å². The van der Waals surface area contributed by atoms with Crippen molar-refractivity contribution in [3.05, 3.63) is 93.5 Å². The Balaban J connectivity index is 0.00000529. The second-order valence-electron chi connectivity index (χ2n) is 16.5. The summed E-state index contributed by atoms with van der Waals surface area (Å²) in [6, 6.07) is 22.8. The molecule has 4 aromatic carbocycles. The molecule has 0 radical (unpaired) electrons. The average molecular weight is 792 g/mol. The van der Waals surface area contributed by atoms with Crippen LogP contribution in [-0.2, 0) is 21.7 Å². The molecule has 0 N–H and O–H groups in total. The molecule has 254 valence electrons. The van der Waals surface area contributed by atoms with Gasteiger partial charge in [-0.3, -0.25) is 0 Å². The fraction of sp³-hybridized carbons (Fsp3) is 0.410. The van der Waals surface area contributed by atoms with Gasteiger partial charge in [0.2, 0.25) is 0 Å². The van der Waals surface area contributed by atoms with Crippen LogP contribution in [0.4, 0.5) is 0 Å². The van der Waals surface area contributed by atoms with Gasteiger partial charge in [0.15, 0.2) is 0 Å².